The van der Waals surface area contributed by atoms with Crippen LogP contribution in [0.1, 0.15) is 39.5 Å². The largest absolute Gasteiger partial charge is 0.396 e. The molecule has 1 saturated heterocycles. The molecule has 1 aliphatic rings. The molecular weight excluding hydrogens is 280 g/mol. The van der Waals surface area contributed by atoms with Gasteiger partial charge in [-0.15, -0.1) is 0 Å². The summed E-state index contributed by atoms with van der Waals surface area (Å²) in [4.78, 5) is 16.7. The predicted octanol–water partition coefficient (Wildman–Crippen LogP) is 0.863. The van der Waals surface area contributed by atoms with E-state index in [1.165, 1.54) is 12.8 Å². The Bertz CT molecular complexity index is 330. The molecular formula is C16H34N4O2. The molecule has 1 aliphatic heterocycles. The first-order chi connectivity index (χ1) is 10.4. The normalized spacial score (nSPS) is 19.9. The second-order valence-electron chi connectivity index (χ2n) is 6.81. The molecule has 0 aromatic carbocycles. The number of aliphatic hydroxyl groups is 1. The molecule has 1 atom stereocenters. The third-order valence-corrected chi connectivity index (χ3v) is 4.86. The molecule has 1 fully saturated rings. The van der Waals surface area contributed by atoms with Crippen molar-refractivity contribution < 1.29 is 9.90 Å². The maximum atomic E-state index is 11.9. The Kier molecular flexibility index (Phi) is 8.14. The molecule has 2 amide bonds. The predicted molar refractivity (Wildman–Crippen MR) is 90.1 cm³/mol. The summed E-state index contributed by atoms with van der Waals surface area (Å²) < 4.78 is 0. The molecule has 0 saturated carbocycles. The van der Waals surface area contributed by atoms with Crippen molar-refractivity contribution >= 4 is 6.03 Å². The summed E-state index contributed by atoms with van der Waals surface area (Å²) in [5.41, 5.74) is -0.330. The van der Waals surface area contributed by atoms with E-state index in [9.17, 15) is 4.79 Å². The number of amides is 2. The van der Waals surface area contributed by atoms with Gasteiger partial charge in [-0.05, 0) is 59.8 Å². The number of rotatable bonds is 8. The zero-order chi connectivity index (χ0) is 16.6. The van der Waals surface area contributed by atoms with Gasteiger partial charge in [0, 0.05) is 31.3 Å². The molecule has 130 valence electrons. The summed E-state index contributed by atoms with van der Waals surface area (Å²) in [5.74, 6) is 0. The maximum absolute atomic E-state index is 11.9. The Hall–Kier alpha value is -0.850. The van der Waals surface area contributed by atoms with E-state index in [-0.39, 0.29) is 18.2 Å². The van der Waals surface area contributed by atoms with Crippen LogP contribution < -0.4 is 10.6 Å². The molecule has 3 N–H and O–H groups in total. The van der Waals surface area contributed by atoms with E-state index in [0.717, 1.165) is 26.1 Å². The van der Waals surface area contributed by atoms with Gasteiger partial charge in [0.25, 0.3) is 0 Å². The fourth-order valence-electron chi connectivity index (χ4n) is 2.88. The van der Waals surface area contributed by atoms with Crippen molar-refractivity contribution in [3.63, 3.8) is 0 Å². The number of hydrogen-bond acceptors (Lipinski definition) is 4. The van der Waals surface area contributed by atoms with Crippen LogP contribution in [-0.2, 0) is 0 Å². The van der Waals surface area contributed by atoms with Crippen LogP contribution in [0.5, 0.6) is 0 Å². The van der Waals surface area contributed by atoms with Gasteiger partial charge >= 0.3 is 6.03 Å². The van der Waals surface area contributed by atoms with E-state index in [4.69, 9.17) is 5.11 Å². The fraction of sp³-hybridized carbons (Fsp3) is 0.938. The van der Waals surface area contributed by atoms with E-state index in [0.29, 0.717) is 19.0 Å². The number of nitrogens with one attached hydrogen (secondary N) is 2. The first-order valence-corrected chi connectivity index (χ1v) is 8.46. The summed E-state index contributed by atoms with van der Waals surface area (Å²) in [6.45, 7) is 7.84. The molecule has 0 radical (unpaired) electrons. The molecule has 0 aromatic rings. The molecule has 0 spiro atoms. The summed E-state index contributed by atoms with van der Waals surface area (Å²) in [5, 5.41) is 15.0. The van der Waals surface area contributed by atoms with Gasteiger partial charge in [-0.25, -0.2) is 4.79 Å². The van der Waals surface area contributed by atoms with Crippen molar-refractivity contribution in [1.29, 1.82) is 0 Å². The van der Waals surface area contributed by atoms with Crippen LogP contribution in [-0.4, -0.2) is 79.4 Å². The Morgan fingerprint density at radius 1 is 1.36 bits per heavy atom. The van der Waals surface area contributed by atoms with Gasteiger partial charge < -0.3 is 25.5 Å². The van der Waals surface area contributed by atoms with E-state index in [2.05, 4.69) is 34.5 Å². The summed E-state index contributed by atoms with van der Waals surface area (Å²) in [7, 11) is 4.28. The lowest BCUT2D eigenvalue weighted by Gasteiger charge is -2.35. The number of nitrogens with zero attached hydrogens (tertiary/aromatic N) is 2. The molecule has 0 bridgehead atoms. The second kappa shape index (κ2) is 9.33. The highest BCUT2D eigenvalue weighted by Gasteiger charge is 2.24. The Morgan fingerprint density at radius 2 is 2.00 bits per heavy atom. The van der Waals surface area contributed by atoms with Crippen molar-refractivity contribution in [2.24, 2.45) is 0 Å². The average Bonchev–Trinajstić information content (AvgIpc) is 2.48. The van der Waals surface area contributed by atoms with Gasteiger partial charge in [0.2, 0.25) is 0 Å². The Balaban J connectivity index is 2.20. The monoisotopic (exact) mass is 314 g/mol. The zero-order valence-electron chi connectivity index (χ0n) is 14.7. The van der Waals surface area contributed by atoms with Gasteiger partial charge in [0.05, 0.1) is 0 Å². The Morgan fingerprint density at radius 3 is 2.50 bits per heavy atom. The highest BCUT2D eigenvalue weighted by molar-refractivity contribution is 5.74. The first kappa shape index (κ1) is 19.2. The third kappa shape index (κ3) is 6.50. The van der Waals surface area contributed by atoms with Gasteiger partial charge in [-0.2, -0.15) is 0 Å². The SMILES string of the molecule is CCC(C)(CCO)NC(=O)NCCN1CCC(N(C)C)CC1. The van der Waals surface area contributed by atoms with Gasteiger partial charge in [-0.3, -0.25) is 0 Å². The van der Waals surface area contributed by atoms with Crippen LogP contribution in [0, 0.1) is 0 Å². The van der Waals surface area contributed by atoms with E-state index < -0.39 is 0 Å². The lowest BCUT2D eigenvalue weighted by molar-refractivity contribution is 0.145. The van der Waals surface area contributed by atoms with E-state index >= 15 is 0 Å². The molecule has 0 aliphatic carbocycles. The standard InChI is InChI=1S/C16H34N4O2/c1-5-16(2,8-13-21)18-15(22)17-9-12-20-10-6-14(7-11-20)19(3)4/h14,21H,5-13H2,1-4H3,(H2,17,18,22). The summed E-state index contributed by atoms with van der Waals surface area (Å²) >= 11 is 0. The van der Waals surface area contributed by atoms with Crippen molar-refractivity contribution in [1.82, 2.24) is 20.4 Å². The van der Waals surface area contributed by atoms with Gasteiger partial charge in [0.15, 0.2) is 0 Å². The number of likely N-dealkylation sites (tertiary alicyclic amines) is 1. The smallest absolute Gasteiger partial charge is 0.315 e. The minimum Gasteiger partial charge on any atom is -0.396 e. The van der Waals surface area contributed by atoms with Crippen LogP contribution in [0.15, 0.2) is 0 Å². The molecule has 22 heavy (non-hydrogen) atoms. The number of aliphatic hydroxyl groups excluding tert-OH is 1. The van der Waals surface area contributed by atoms with Crippen LogP contribution in [0.4, 0.5) is 4.79 Å². The highest BCUT2D eigenvalue weighted by Crippen LogP contribution is 2.14. The minimum atomic E-state index is -0.330. The van der Waals surface area contributed by atoms with Crippen LogP contribution in [0.3, 0.4) is 0 Å². The minimum absolute atomic E-state index is 0.0887. The van der Waals surface area contributed by atoms with Crippen molar-refractivity contribution in [3.05, 3.63) is 0 Å². The van der Waals surface area contributed by atoms with Crippen LogP contribution in [0.2, 0.25) is 0 Å². The lowest BCUT2D eigenvalue weighted by atomic mass is 9.95. The topological polar surface area (TPSA) is 67.8 Å². The number of hydrogen-bond donors (Lipinski definition) is 3. The number of carbonyl (C=O) groups excluding carboxylic acids is 1. The van der Waals surface area contributed by atoms with Crippen LogP contribution >= 0.6 is 0 Å². The zero-order valence-corrected chi connectivity index (χ0v) is 14.7. The maximum Gasteiger partial charge on any atom is 0.315 e. The molecule has 6 heteroatoms. The average molecular weight is 314 g/mol. The third-order valence-electron chi connectivity index (χ3n) is 4.86. The summed E-state index contributed by atoms with van der Waals surface area (Å²) in [6.07, 6.45) is 3.78. The number of carbonyl (C=O) groups is 1. The Labute approximate surface area is 135 Å². The van der Waals surface area contributed by atoms with E-state index in [1.54, 1.807) is 0 Å². The summed E-state index contributed by atoms with van der Waals surface area (Å²) in [6, 6.07) is 0.553. The first-order valence-electron chi connectivity index (χ1n) is 8.46. The van der Waals surface area contributed by atoms with Crippen molar-refractivity contribution in [3.8, 4) is 0 Å². The van der Waals surface area contributed by atoms with Crippen molar-refractivity contribution in [2.75, 3.05) is 46.9 Å². The lowest BCUT2D eigenvalue weighted by Crippen LogP contribution is -2.52. The fourth-order valence-corrected chi connectivity index (χ4v) is 2.88. The van der Waals surface area contributed by atoms with Crippen molar-refractivity contribution in [2.45, 2.75) is 51.1 Å². The van der Waals surface area contributed by atoms with Gasteiger partial charge in [-0.1, -0.05) is 6.92 Å². The number of urea groups is 1. The van der Waals surface area contributed by atoms with E-state index in [1.807, 2.05) is 13.8 Å². The second-order valence-corrected chi connectivity index (χ2v) is 6.81. The van der Waals surface area contributed by atoms with Gasteiger partial charge in [0.1, 0.15) is 0 Å². The molecule has 1 rings (SSSR count). The van der Waals surface area contributed by atoms with Crippen LogP contribution in [0.25, 0.3) is 0 Å². The number of piperidine rings is 1. The molecule has 0 aromatic heterocycles. The quantitative estimate of drug-likeness (QED) is 0.622. The molecule has 6 nitrogen and oxygen atoms in total. The molecule has 1 unspecified atom stereocenters. The highest BCUT2D eigenvalue weighted by atomic mass is 16.3. The molecule has 1 heterocycles.